The highest BCUT2D eigenvalue weighted by Crippen LogP contribution is 2.25. The van der Waals surface area contributed by atoms with E-state index in [1.54, 1.807) is 6.92 Å². The van der Waals surface area contributed by atoms with Crippen molar-refractivity contribution in [2.45, 2.75) is 132 Å². The number of hydrogen-bond acceptors (Lipinski definition) is 25. The minimum Gasteiger partial charge on any atom is -0.394 e. The molecule has 3 rings (SSSR count). The first-order valence-corrected chi connectivity index (χ1v) is 24.6. The highest BCUT2D eigenvalue weighted by molar-refractivity contribution is 5.86. The molecule has 31 heteroatoms. The van der Waals surface area contributed by atoms with Gasteiger partial charge in [-0.25, -0.2) is 0 Å². The molecule has 3 fully saturated rings. The van der Waals surface area contributed by atoms with Crippen molar-refractivity contribution in [2.75, 3.05) is 112 Å². The Morgan fingerprint density at radius 1 is 0.467 bits per heavy atom. The lowest BCUT2D eigenvalue weighted by molar-refractivity contribution is -0.272. The monoisotopic (exact) mass is 1090 g/mol. The van der Waals surface area contributed by atoms with Crippen LogP contribution in [0.25, 0.3) is 0 Å². The van der Waals surface area contributed by atoms with E-state index in [1.807, 2.05) is 0 Å². The Morgan fingerprint density at radius 3 is 1.05 bits per heavy atom. The summed E-state index contributed by atoms with van der Waals surface area (Å²) in [6.45, 7) is 2.08. The predicted molar refractivity (Wildman–Crippen MR) is 251 cm³/mol. The van der Waals surface area contributed by atoms with Crippen molar-refractivity contribution < 1.29 is 117 Å². The van der Waals surface area contributed by atoms with Gasteiger partial charge >= 0.3 is 0 Å². The third kappa shape index (κ3) is 21.8. The lowest BCUT2D eigenvalue weighted by Gasteiger charge is -2.42. The van der Waals surface area contributed by atoms with Gasteiger partial charge in [0.15, 0.2) is 18.9 Å². The third-order valence-corrected chi connectivity index (χ3v) is 11.8. The highest BCUT2D eigenvalue weighted by atomic mass is 16.7. The molecule has 31 nitrogen and oxygen atoms in total. The summed E-state index contributed by atoms with van der Waals surface area (Å²) in [4.78, 5) is 76.4. The molecular weight excluding hydrogens is 1010 g/mol. The molecule has 0 saturated carbocycles. The maximum absolute atomic E-state index is 13.5. The molecule has 0 aliphatic carbocycles. The molecule has 3 heterocycles. The molecule has 3 aliphatic rings. The molecule has 6 amide bonds. The van der Waals surface area contributed by atoms with Crippen LogP contribution in [0.4, 0.5) is 0 Å². The van der Waals surface area contributed by atoms with E-state index in [0.29, 0.717) is 0 Å². The molecule has 15 N–H and O–H groups in total. The van der Waals surface area contributed by atoms with Crippen molar-refractivity contribution in [3.63, 3.8) is 0 Å². The molecule has 16 atom stereocenters. The number of nitrogens with one attached hydrogen (secondary N) is 6. The van der Waals surface area contributed by atoms with E-state index < -0.39 is 166 Å². The predicted octanol–water partition coefficient (Wildman–Crippen LogP) is -9.65. The summed E-state index contributed by atoms with van der Waals surface area (Å²) in [5, 5.41) is 106. The Morgan fingerprint density at radius 2 is 0.773 bits per heavy atom. The number of hydrogen-bond donors (Lipinski definition) is 15. The fourth-order valence-corrected chi connectivity index (χ4v) is 8.07. The number of carbonyl (C=O) groups is 6. The van der Waals surface area contributed by atoms with Gasteiger partial charge in [-0.2, -0.15) is 0 Å². The normalized spacial score (nSPS) is 30.2. The maximum Gasteiger partial charge on any atom is 0.237 e. The second-order valence-electron chi connectivity index (χ2n) is 17.6. The molecule has 3 saturated heterocycles. The van der Waals surface area contributed by atoms with E-state index in [0.717, 1.165) is 0 Å². The average molecular weight is 1090 g/mol. The van der Waals surface area contributed by atoms with Crippen LogP contribution in [0.5, 0.6) is 0 Å². The van der Waals surface area contributed by atoms with Crippen molar-refractivity contribution in [3.05, 3.63) is 0 Å². The largest absolute Gasteiger partial charge is 0.394 e. The number of nitrogens with zero attached hydrogens (tertiary/aromatic N) is 1. The van der Waals surface area contributed by atoms with Crippen molar-refractivity contribution in [2.24, 2.45) is 0 Å². The molecule has 0 bridgehead atoms. The smallest absolute Gasteiger partial charge is 0.237 e. The summed E-state index contributed by atoms with van der Waals surface area (Å²) in [6, 6.07) is -4.43. The van der Waals surface area contributed by atoms with E-state index in [-0.39, 0.29) is 85.5 Å². The third-order valence-electron chi connectivity index (χ3n) is 11.8. The molecule has 0 aromatic rings. The summed E-state index contributed by atoms with van der Waals surface area (Å²) in [5.41, 5.74) is 0. The average Bonchev–Trinajstić information content (AvgIpc) is 3.36. The van der Waals surface area contributed by atoms with E-state index in [4.69, 9.17) is 42.6 Å². The quantitative estimate of drug-likeness (QED) is 0.0266. The van der Waals surface area contributed by atoms with Gasteiger partial charge < -0.3 is 120 Å². The minimum atomic E-state index is -1.50. The van der Waals surface area contributed by atoms with Crippen LogP contribution in [0.2, 0.25) is 0 Å². The second-order valence-corrected chi connectivity index (χ2v) is 17.6. The van der Waals surface area contributed by atoms with Crippen LogP contribution in [0.15, 0.2) is 0 Å². The number of carbonyl (C=O) groups excluding carboxylic acids is 6. The standard InChI is InChI=1S/C44H79N7O24/c1-5-26(41(66)47-8-11-69-14-17-72-44-34(50-25(4)57)40(65)37(62)29(22-54)75-44)51(18-30(58)45-6-9-67-12-15-70-42-32(48-23(2)55)38(63)35(60)27(20-52)73-42)19-31(59)46-7-10-68-13-16-71-43-33(49-24(3)56)39(64)36(61)28(21-53)74-43/h26-29,32-40,42-44,52-54,60-65H,5-22H2,1-4H3,(H,45,58)(H,46,59)(H,47,66)(H,48,55)(H,49,56)(H,50,57). The van der Waals surface area contributed by atoms with Crippen LogP contribution in [0.1, 0.15) is 34.1 Å². The summed E-state index contributed by atoms with van der Waals surface area (Å²) in [6.07, 6.45) is -16.0. The molecule has 0 aromatic heterocycles. The Hall–Kier alpha value is -3.94. The van der Waals surface area contributed by atoms with Crippen molar-refractivity contribution in [1.29, 1.82) is 0 Å². The van der Waals surface area contributed by atoms with Crippen LogP contribution in [0, 0.1) is 0 Å². The van der Waals surface area contributed by atoms with Crippen LogP contribution < -0.4 is 31.9 Å². The van der Waals surface area contributed by atoms with E-state index in [9.17, 15) is 74.7 Å². The molecule has 0 spiro atoms. The molecule has 16 unspecified atom stereocenters. The first kappa shape index (κ1) is 65.3. The summed E-state index contributed by atoms with van der Waals surface area (Å²) in [5.74, 6) is -3.24. The topological polar surface area (TPSA) is 443 Å². The first-order valence-electron chi connectivity index (χ1n) is 24.6. The molecule has 0 aromatic carbocycles. The molecule has 75 heavy (non-hydrogen) atoms. The molecule has 434 valence electrons. The lowest BCUT2D eigenvalue weighted by Crippen LogP contribution is -2.64. The maximum atomic E-state index is 13.5. The number of aliphatic hydroxyl groups excluding tert-OH is 9. The zero-order valence-corrected chi connectivity index (χ0v) is 42.6. The van der Waals surface area contributed by atoms with Crippen LogP contribution in [0.3, 0.4) is 0 Å². The first-order chi connectivity index (χ1) is 35.8. The Labute approximate surface area is 433 Å². The van der Waals surface area contributed by atoms with Crippen molar-refractivity contribution >= 4 is 35.4 Å². The summed E-state index contributed by atoms with van der Waals surface area (Å²) >= 11 is 0. The molecular formula is C44H79N7O24. The van der Waals surface area contributed by atoms with Gasteiger partial charge in [-0.3, -0.25) is 33.7 Å². The van der Waals surface area contributed by atoms with Gasteiger partial charge in [0.05, 0.1) is 98.4 Å². The highest BCUT2D eigenvalue weighted by Gasteiger charge is 2.48. The van der Waals surface area contributed by atoms with Gasteiger partial charge in [0.25, 0.3) is 0 Å². The van der Waals surface area contributed by atoms with Gasteiger partial charge in [0.2, 0.25) is 35.4 Å². The van der Waals surface area contributed by atoms with Crippen molar-refractivity contribution in [3.8, 4) is 0 Å². The second kappa shape index (κ2) is 34.7. The van der Waals surface area contributed by atoms with Gasteiger partial charge in [0, 0.05) is 40.4 Å². The molecule has 0 radical (unpaired) electrons. The Bertz CT molecular complexity index is 1650. The van der Waals surface area contributed by atoms with Gasteiger partial charge in [-0.15, -0.1) is 0 Å². The van der Waals surface area contributed by atoms with E-state index in [1.165, 1.54) is 25.7 Å². The molecule has 3 aliphatic heterocycles. The Balaban J connectivity index is 1.51. The summed E-state index contributed by atoms with van der Waals surface area (Å²) < 4.78 is 50.0. The van der Waals surface area contributed by atoms with Crippen LogP contribution in [-0.4, -0.2) is 296 Å². The zero-order valence-electron chi connectivity index (χ0n) is 42.6. The number of aliphatic hydroxyl groups is 9. The number of rotatable bonds is 34. The number of ether oxygens (including phenoxy) is 9. The minimum absolute atomic E-state index is 0.00740. The fraction of sp³-hybridized carbons (Fsp3) is 0.864. The number of amides is 6. The van der Waals surface area contributed by atoms with Crippen LogP contribution >= 0.6 is 0 Å². The Kier molecular flexibility index (Phi) is 30.3. The van der Waals surface area contributed by atoms with Crippen LogP contribution in [-0.2, 0) is 71.4 Å². The van der Waals surface area contributed by atoms with Crippen molar-refractivity contribution in [1.82, 2.24) is 36.8 Å². The fourth-order valence-electron chi connectivity index (χ4n) is 8.07. The lowest BCUT2D eigenvalue weighted by atomic mass is 9.97. The SMILES string of the molecule is CCC(C(=O)NCCOCCOC1OC(CO)C(O)C(O)C1NC(C)=O)N(CC(=O)NCCOCCOC1OC(CO)C(O)C(O)C1NC(C)=O)CC(=O)NCCOCCOC1OC(CO)C(O)C(O)C1NC(C)=O. The zero-order chi connectivity index (χ0) is 55.6. The van der Waals surface area contributed by atoms with Gasteiger partial charge in [-0.05, 0) is 6.42 Å². The van der Waals surface area contributed by atoms with E-state index in [2.05, 4.69) is 31.9 Å². The summed E-state index contributed by atoms with van der Waals surface area (Å²) in [7, 11) is 0. The van der Waals surface area contributed by atoms with Gasteiger partial charge in [0.1, 0.15) is 73.1 Å². The van der Waals surface area contributed by atoms with E-state index >= 15 is 0 Å². The van der Waals surface area contributed by atoms with Gasteiger partial charge in [-0.1, -0.05) is 6.92 Å².